The number of aromatic nitrogens is 2. The number of carboxylic acids is 1. The lowest BCUT2D eigenvalue weighted by atomic mass is 10.3. The molecule has 0 aromatic carbocycles. The van der Waals surface area contributed by atoms with Gasteiger partial charge in [-0.15, -0.1) is 0 Å². The smallest absolute Gasteiger partial charge is 0.463 e. The Morgan fingerprint density at radius 3 is 2.13 bits per heavy atom. The number of carbonyl (C=O) groups is 1. The summed E-state index contributed by atoms with van der Waals surface area (Å²) in [5.74, 6) is -10.6. The topological polar surface area (TPSA) is 76.2 Å². The van der Waals surface area contributed by atoms with E-state index in [9.17, 15) is 26.7 Å². The molecule has 0 saturated carbocycles. The van der Waals surface area contributed by atoms with Gasteiger partial charge in [0.05, 0.1) is 0 Å². The van der Waals surface area contributed by atoms with Crippen molar-refractivity contribution in [1.29, 1.82) is 0 Å². The molecule has 0 atom stereocenters. The first-order valence-corrected chi connectivity index (χ1v) is 3.18. The van der Waals surface area contributed by atoms with Gasteiger partial charge < -0.3 is 9.63 Å². The Balaban J connectivity index is 3.11. The lowest BCUT2D eigenvalue weighted by molar-refractivity contribution is -0.298. The van der Waals surface area contributed by atoms with Gasteiger partial charge in [0.2, 0.25) is 0 Å². The number of rotatable bonds is 2. The predicted octanol–water partition coefficient (Wildman–Crippen LogP) is 1.42. The molecule has 0 saturated heterocycles. The number of alkyl halides is 5. The van der Waals surface area contributed by atoms with Crippen LogP contribution in [0.2, 0.25) is 0 Å². The van der Waals surface area contributed by atoms with E-state index in [1.54, 1.807) is 0 Å². The summed E-state index contributed by atoms with van der Waals surface area (Å²) < 4.78 is 63.5. The van der Waals surface area contributed by atoms with E-state index in [-0.39, 0.29) is 0 Å². The molecule has 0 aliphatic rings. The van der Waals surface area contributed by atoms with Gasteiger partial charge in [0.25, 0.3) is 5.82 Å². The Morgan fingerprint density at radius 2 is 1.80 bits per heavy atom. The summed E-state index contributed by atoms with van der Waals surface area (Å²) in [6.07, 6.45) is -5.92. The summed E-state index contributed by atoms with van der Waals surface area (Å²) in [6.45, 7) is 0. The molecule has 1 heterocycles. The third-order valence-electron chi connectivity index (χ3n) is 1.24. The molecule has 1 rings (SSSR count). The van der Waals surface area contributed by atoms with E-state index < -0.39 is 29.8 Å². The van der Waals surface area contributed by atoms with Gasteiger partial charge in [0, 0.05) is 0 Å². The second-order valence-electron chi connectivity index (χ2n) is 2.30. The van der Waals surface area contributed by atoms with E-state index in [0.717, 1.165) is 0 Å². The maximum absolute atomic E-state index is 12.4. The van der Waals surface area contributed by atoms with Gasteiger partial charge in [-0.25, -0.2) is 4.79 Å². The standard InChI is InChI=1S/C5HF5N2O3/c6-4(7,5(8,9)10)3-11-1(2(13)14)12-15-3/h(H,13,14). The Morgan fingerprint density at radius 1 is 1.27 bits per heavy atom. The summed E-state index contributed by atoms with van der Waals surface area (Å²) in [7, 11) is 0. The second kappa shape index (κ2) is 3.14. The van der Waals surface area contributed by atoms with Crippen LogP contribution >= 0.6 is 0 Å². The molecule has 1 N–H and O–H groups in total. The molecule has 15 heavy (non-hydrogen) atoms. The number of nitrogens with zero attached hydrogens (tertiary/aromatic N) is 2. The zero-order chi connectivity index (χ0) is 11.9. The van der Waals surface area contributed by atoms with Crippen molar-refractivity contribution in [1.82, 2.24) is 10.1 Å². The summed E-state index contributed by atoms with van der Waals surface area (Å²) >= 11 is 0. The molecule has 5 nitrogen and oxygen atoms in total. The van der Waals surface area contributed by atoms with Gasteiger partial charge in [-0.2, -0.15) is 26.9 Å². The molecule has 0 aliphatic heterocycles. The van der Waals surface area contributed by atoms with Crippen LogP contribution in [0.25, 0.3) is 0 Å². The van der Waals surface area contributed by atoms with Crippen LogP contribution in [0.15, 0.2) is 4.52 Å². The van der Waals surface area contributed by atoms with Crippen LogP contribution in [0.1, 0.15) is 16.5 Å². The largest absolute Gasteiger partial charge is 0.475 e. The molecule has 10 heteroatoms. The zero-order valence-corrected chi connectivity index (χ0v) is 6.55. The molecule has 0 spiro atoms. The minimum Gasteiger partial charge on any atom is -0.475 e. The fourth-order valence-corrected chi connectivity index (χ4v) is 0.559. The number of halogens is 5. The monoisotopic (exact) mass is 232 g/mol. The third kappa shape index (κ3) is 1.87. The van der Waals surface area contributed by atoms with Crippen LogP contribution in [0.4, 0.5) is 22.0 Å². The molecule has 0 radical (unpaired) electrons. The van der Waals surface area contributed by atoms with Crippen molar-refractivity contribution in [2.75, 3.05) is 0 Å². The lowest BCUT2D eigenvalue weighted by Gasteiger charge is -2.14. The Bertz CT molecular complexity index is 384. The van der Waals surface area contributed by atoms with Crippen LogP contribution in [-0.2, 0) is 5.92 Å². The highest BCUT2D eigenvalue weighted by molar-refractivity contribution is 5.82. The number of hydrogen-bond acceptors (Lipinski definition) is 4. The molecule has 0 amide bonds. The van der Waals surface area contributed by atoms with Gasteiger partial charge in [-0.1, -0.05) is 0 Å². The Labute approximate surface area is 77.5 Å². The fraction of sp³-hybridized carbons (Fsp3) is 0.400. The van der Waals surface area contributed by atoms with Gasteiger partial charge >= 0.3 is 24.0 Å². The first kappa shape index (κ1) is 11.3. The molecule has 0 aliphatic carbocycles. The van der Waals surface area contributed by atoms with E-state index in [2.05, 4.69) is 14.7 Å². The normalized spacial score (nSPS) is 12.9. The van der Waals surface area contributed by atoms with Crippen molar-refractivity contribution in [2.45, 2.75) is 12.1 Å². The summed E-state index contributed by atoms with van der Waals surface area (Å²) in [5, 5.41) is 10.6. The van der Waals surface area contributed by atoms with Gasteiger partial charge in [-0.3, -0.25) is 0 Å². The zero-order valence-electron chi connectivity index (χ0n) is 6.55. The summed E-state index contributed by atoms with van der Waals surface area (Å²) in [4.78, 5) is 12.5. The van der Waals surface area contributed by atoms with Crippen LogP contribution in [0.3, 0.4) is 0 Å². The molecule has 0 fully saturated rings. The van der Waals surface area contributed by atoms with E-state index in [1.165, 1.54) is 0 Å². The molecular weight excluding hydrogens is 231 g/mol. The summed E-state index contributed by atoms with van der Waals surface area (Å²) in [5.41, 5.74) is 0. The maximum Gasteiger partial charge on any atom is 0.463 e. The fourth-order valence-electron chi connectivity index (χ4n) is 0.559. The Hall–Kier alpha value is -1.74. The van der Waals surface area contributed by atoms with Crippen LogP contribution in [0, 0.1) is 0 Å². The maximum atomic E-state index is 12.4. The molecule has 0 unspecified atom stereocenters. The van der Waals surface area contributed by atoms with Gasteiger partial charge in [0.15, 0.2) is 0 Å². The van der Waals surface area contributed by atoms with Gasteiger partial charge in [-0.05, 0) is 5.16 Å². The molecule has 0 bridgehead atoms. The lowest BCUT2D eigenvalue weighted by Crippen LogP contribution is -2.34. The van der Waals surface area contributed by atoms with Crippen molar-refractivity contribution in [2.24, 2.45) is 0 Å². The third-order valence-corrected chi connectivity index (χ3v) is 1.24. The second-order valence-corrected chi connectivity index (χ2v) is 2.30. The quantitative estimate of drug-likeness (QED) is 0.780. The number of hydrogen-bond donors (Lipinski definition) is 1. The average molecular weight is 232 g/mol. The van der Waals surface area contributed by atoms with Gasteiger partial charge in [0.1, 0.15) is 0 Å². The molecule has 84 valence electrons. The van der Waals surface area contributed by atoms with Crippen molar-refractivity contribution in [3.05, 3.63) is 11.7 Å². The van der Waals surface area contributed by atoms with Crippen molar-refractivity contribution < 1.29 is 36.4 Å². The van der Waals surface area contributed by atoms with Crippen molar-refractivity contribution in [3.8, 4) is 0 Å². The Kier molecular flexibility index (Phi) is 2.37. The highest BCUT2D eigenvalue weighted by Crippen LogP contribution is 2.42. The van der Waals surface area contributed by atoms with Crippen LogP contribution < -0.4 is 0 Å². The van der Waals surface area contributed by atoms with E-state index in [1.807, 2.05) is 0 Å². The summed E-state index contributed by atoms with van der Waals surface area (Å²) in [6, 6.07) is 0. The van der Waals surface area contributed by atoms with E-state index in [0.29, 0.717) is 0 Å². The van der Waals surface area contributed by atoms with E-state index >= 15 is 0 Å². The van der Waals surface area contributed by atoms with Crippen LogP contribution in [-0.4, -0.2) is 27.4 Å². The molecule has 1 aromatic heterocycles. The molecular formula is C5HF5N2O3. The minimum atomic E-state index is -5.92. The highest BCUT2D eigenvalue weighted by atomic mass is 19.4. The van der Waals surface area contributed by atoms with Crippen molar-refractivity contribution in [3.63, 3.8) is 0 Å². The predicted molar refractivity (Wildman–Crippen MR) is 31.2 cm³/mol. The van der Waals surface area contributed by atoms with Crippen LogP contribution in [0.5, 0.6) is 0 Å². The highest BCUT2D eigenvalue weighted by Gasteiger charge is 2.63. The average Bonchev–Trinajstić information content (AvgIpc) is 2.49. The molecule has 1 aromatic rings. The van der Waals surface area contributed by atoms with Crippen molar-refractivity contribution >= 4 is 5.97 Å². The number of aromatic carboxylic acids is 1. The minimum absolute atomic E-state index is 1.27. The SMILES string of the molecule is O=C(O)c1noc(C(F)(F)C(F)(F)F)n1. The number of carboxylic acid groups (broad SMARTS) is 1. The first-order valence-electron chi connectivity index (χ1n) is 3.18. The first-order chi connectivity index (χ1) is 6.66. The van der Waals surface area contributed by atoms with E-state index in [4.69, 9.17) is 5.11 Å².